The minimum absolute atomic E-state index is 0.606. The highest BCUT2D eigenvalue weighted by molar-refractivity contribution is 5.78. The number of guanidine groups is 1. The highest BCUT2D eigenvalue weighted by Gasteiger charge is 2.12. The lowest BCUT2D eigenvalue weighted by molar-refractivity contribution is 0.0674. The highest BCUT2D eigenvalue weighted by atomic mass is 16.5. The molecule has 0 spiro atoms. The summed E-state index contributed by atoms with van der Waals surface area (Å²) in [5.74, 6) is 0.658. The Bertz CT molecular complexity index is 239. The Labute approximate surface area is 105 Å². The molecule has 1 heterocycles. The molecular weight excluding hydrogens is 216 g/mol. The molecule has 1 rings (SSSR count). The molecule has 1 aliphatic heterocycles. The van der Waals surface area contributed by atoms with E-state index in [4.69, 9.17) is 10.5 Å². The standard InChI is InChI=1S/C12H26N4O/c1-4-11(2)15(3)6-5-14-12(13)16-7-9-17-10-8-16/h11H,4-10H2,1-3H3,(H2,13,14). The first-order valence-electron chi connectivity index (χ1n) is 6.48. The molecule has 0 saturated carbocycles. The van der Waals surface area contributed by atoms with Gasteiger partial charge in [0.2, 0.25) is 0 Å². The van der Waals surface area contributed by atoms with Gasteiger partial charge in [0.1, 0.15) is 0 Å². The monoisotopic (exact) mass is 242 g/mol. The summed E-state index contributed by atoms with van der Waals surface area (Å²) >= 11 is 0. The molecule has 17 heavy (non-hydrogen) atoms. The van der Waals surface area contributed by atoms with Crippen LogP contribution in [0.15, 0.2) is 4.99 Å². The normalized spacial score (nSPS) is 19.8. The SMILES string of the molecule is CCC(C)N(C)CCN=C(N)N1CCOCC1. The molecule has 1 atom stereocenters. The zero-order chi connectivity index (χ0) is 12.7. The summed E-state index contributed by atoms with van der Waals surface area (Å²) in [4.78, 5) is 8.83. The van der Waals surface area contributed by atoms with Gasteiger partial charge in [0.25, 0.3) is 0 Å². The maximum Gasteiger partial charge on any atom is 0.191 e. The van der Waals surface area contributed by atoms with Gasteiger partial charge in [-0.25, -0.2) is 0 Å². The van der Waals surface area contributed by atoms with Crippen molar-refractivity contribution in [2.24, 2.45) is 10.7 Å². The number of hydrogen-bond acceptors (Lipinski definition) is 3. The summed E-state index contributed by atoms with van der Waals surface area (Å²) in [6, 6.07) is 0.606. The van der Waals surface area contributed by atoms with Crippen LogP contribution in [0.1, 0.15) is 20.3 Å². The van der Waals surface area contributed by atoms with E-state index in [-0.39, 0.29) is 0 Å². The summed E-state index contributed by atoms with van der Waals surface area (Å²) < 4.78 is 5.28. The number of rotatable bonds is 5. The van der Waals surface area contributed by atoms with Crippen LogP contribution in [0.3, 0.4) is 0 Å². The third-order valence-electron chi connectivity index (χ3n) is 3.40. The van der Waals surface area contributed by atoms with E-state index in [1.807, 2.05) is 0 Å². The summed E-state index contributed by atoms with van der Waals surface area (Å²) in [7, 11) is 2.13. The Hall–Kier alpha value is -0.810. The molecule has 1 unspecified atom stereocenters. The number of hydrogen-bond donors (Lipinski definition) is 1. The molecule has 1 saturated heterocycles. The molecule has 100 valence electrons. The van der Waals surface area contributed by atoms with Crippen LogP contribution in [0.25, 0.3) is 0 Å². The van der Waals surface area contributed by atoms with E-state index < -0.39 is 0 Å². The van der Waals surface area contributed by atoms with Gasteiger partial charge < -0.3 is 20.3 Å². The van der Waals surface area contributed by atoms with E-state index in [2.05, 4.69) is 35.7 Å². The predicted molar refractivity (Wildman–Crippen MR) is 71.3 cm³/mol. The maximum atomic E-state index is 5.95. The molecular formula is C12H26N4O. The lowest BCUT2D eigenvalue weighted by Gasteiger charge is -2.28. The quantitative estimate of drug-likeness (QED) is 0.559. The van der Waals surface area contributed by atoms with Gasteiger partial charge >= 0.3 is 0 Å². The summed E-state index contributed by atoms with van der Waals surface area (Å²) in [5, 5.41) is 0. The van der Waals surface area contributed by atoms with Gasteiger partial charge in [-0.15, -0.1) is 0 Å². The van der Waals surface area contributed by atoms with Crippen LogP contribution >= 0.6 is 0 Å². The van der Waals surface area contributed by atoms with Gasteiger partial charge in [-0.2, -0.15) is 0 Å². The number of morpholine rings is 1. The zero-order valence-corrected chi connectivity index (χ0v) is 11.4. The van der Waals surface area contributed by atoms with Crippen LogP contribution in [0.5, 0.6) is 0 Å². The molecule has 1 aliphatic rings. The third kappa shape index (κ3) is 4.91. The van der Waals surface area contributed by atoms with Gasteiger partial charge in [0, 0.05) is 25.7 Å². The maximum absolute atomic E-state index is 5.95. The first-order chi connectivity index (χ1) is 8.15. The second kappa shape index (κ2) is 7.50. The molecule has 1 fully saturated rings. The van der Waals surface area contributed by atoms with E-state index in [1.54, 1.807) is 0 Å². The van der Waals surface area contributed by atoms with Crippen molar-refractivity contribution in [2.75, 3.05) is 46.4 Å². The molecule has 0 aromatic carbocycles. The van der Waals surface area contributed by atoms with Crippen molar-refractivity contribution in [1.82, 2.24) is 9.80 Å². The average Bonchev–Trinajstić information content (AvgIpc) is 2.38. The fraction of sp³-hybridized carbons (Fsp3) is 0.917. The van der Waals surface area contributed by atoms with Gasteiger partial charge in [-0.1, -0.05) is 6.92 Å². The van der Waals surface area contributed by atoms with Gasteiger partial charge in [0.05, 0.1) is 19.8 Å². The fourth-order valence-corrected chi connectivity index (χ4v) is 1.75. The Morgan fingerprint density at radius 3 is 2.71 bits per heavy atom. The van der Waals surface area contributed by atoms with Crippen molar-refractivity contribution in [2.45, 2.75) is 26.3 Å². The van der Waals surface area contributed by atoms with E-state index in [0.717, 1.165) is 39.4 Å². The number of ether oxygens (including phenoxy) is 1. The second-order valence-corrected chi connectivity index (χ2v) is 4.58. The largest absolute Gasteiger partial charge is 0.378 e. The van der Waals surface area contributed by atoms with Crippen LogP contribution in [0.2, 0.25) is 0 Å². The Morgan fingerprint density at radius 2 is 2.12 bits per heavy atom. The fourth-order valence-electron chi connectivity index (χ4n) is 1.75. The third-order valence-corrected chi connectivity index (χ3v) is 3.40. The smallest absolute Gasteiger partial charge is 0.191 e. The molecule has 0 amide bonds. The van der Waals surface area contributed by atoms with Crippen molar-refractivity contribution >= 4 is 5.96 Å². The Balaban J connectivity index is 2.27. The van der Waals surface area contributed by atoms with Crippen LogP contribution in [0.4, 0.5) is 0 Å². The van der Waals surface area contributed by atoms with Crippen LogP contribution in [-0.4, -0.2) is 68.2 Å². The van der Waals surface area contributed by atoms with E-state index in [9.17, 15) is 0 Å². The number of nitrogens with zero attached hydrogens (tertiary/aromatic N) is 3. The molecule has 0 aromatic rings. The van der Waals surface area contributed by atoms with Crippen molar-refractivity contribution in [3.05, 3.63) is 0 Å². The minimum atomic E-state index is 0.606. The van der Waals surface area contributed by atoms with Crippen molar-refractivity contribution < 1.29 is 4.74 Å². The highest BCUT2D eigenvalue weighted by Crippen LogP contribution is 2.00. The number of nitrogens with two attached hydrogens (primary N) is 1. The molecule has 0 aromatic heterocycles. The zero-order valence-electron chi connectivity index (χ0n) is 11.4. The second-order valence-electron chi connectivity index (χ2n) is 4.58. The van der Waals surface area contributed by atoms with Gasteiger partial charge in [-0.05, 0) is 20.4 Å². The number of aliphatic imine (C=N–C) groups is 1. The van der Waals surface area contributed by atoms with Crippen LogP contribution in [0, 0.1) is 0 Å². The Kier molecular flexibility index (Phi) is 6.29. The van der Waals surface area contributed by atoms with Gasteiger partial charge in [0.15, 0.2) is 5.96 Å². The predicted octanol–water partition coefficient (Wildman–Crippen LogP) is 0.364. The molecule has 0 radical (unpaired) electrons. The van der Waals surface area contributed by atoms with Crippen molar-refractivity contribution in [3.8, 4) is 0 Å². The summed E-state index contributed by atoms with van der Waals surface area (Å²) in [5.41, 5.74) is 5.95. The Morgan fingerprint density at radius 1 is 1.47 bits per heavy atom. The average molecular weight is 242 g/mol. The molecule has 5 heteroatoms. The van der Waals surface area contributed by atoms with E-state index >= 15 is 0 Å². The molecule has 0 bridgehead atoms. The molecule has 2 N–H and O–H groups in total. The summed E-state index contributed by atoms with van der Waals surface area (Å²) in [6.07, 6.45) is 1.17. The van der Waals surface area contributed by atoms with Crippen LogP contribution in [-0.2, 0) is 4.74 Å². The van der Waals surface area contributed by atoms with E-state index in [0.29, 0.717) is 12.0 Å². The van der Waals surface area contributed by atoms with E-state index in [1.165, 1.54) is 6.42 Å². The first-order valence-corrected chi connectivity index (χ1v) is 6.48. The lowest BCUT2D eigenvalue weighted by Crippen LogP contribution is -2.45. The summed E-state index contributed by atoms with van der Waals surface area (Å²) in [6.45, 7) is 9.38. The number of likely N-dealkylation sites (N-methyl/N-ethyl adjacent to an activating group) is 1. The van der Waals surface area contributed by atoms with Crippen LogP contribution < -0.4 is 5.73 Å². The topological polar surface area (TPSA) is 54.1 Å². The van der Waals surface area contributed by atoms with Crippen molar-refractivity contribution in [1.29, 1.82) is 0 Å². The minimum Gasteiger partial charge on any atom is -0.378 e. The van der Waals surface area contributed by atoms with Crippen molar-refractivity contribution in [3.63, 3.8) is 0 Å². The molecule has 5 nitrogen and oxygen atoms in total. The van der Waals surface area contributed by atoms with Gasteiger partial charge in [-0.3, -0.25) is 4.99 Å². The lowest BCUT2D eigenvalue weighted by atomic mass is 10.2. The molecule has 0 aliphatic carbocycles. The first kappa shape index (κ1) is 14.3.